The molecule has 1 aliphatic heterocycles. The summed E-state index contributed by atoms with van der Waals surface area (Å²) in [4.78, 5) is 12.8. The Kier molecular flexibility index (Phi) is 4.31. The summed E-state index contributed by atoms with van der Waals surface area (Å²) < 4.78 is 6.99. The topological polar surface area (TPSA) is 56.2 Å². The molecule has 2 aromatic carbocycles. The summed E-state index contributed by atoms with van der Waals surface area (Å²) in [6, 6.07) is 20.0. The number of carbonyl (C=O) groups excluding carboxylic acids is 1. The Hall–Kier alpha value is -2.92. The van der Waals surface area contributed by atoms with Crippen molar-refractivity contribution in [1.82, 2.24) is 9.78 Å². The van der Waals surface area contributed by atoms with Crippen molar-refractivity contribution in [2.45, 2.75) is 25.5 Å². The SMILES string of the molecule is COC1CC(=O)n2nc(-c3ccccc3)c(-c3ccccc3)c2N[C@H]1C. The monoisotopic (exact) mass is 347 g/mol. The first-order valence-electron chi connectivity index (χ1n) is 8.75. The number of hydrogen-bond acceptors (Lipinski definition) is 4. The first-order valence-corrected chi connectivity index (χ1v) is 8.75. The van der Waals surface area contributed by atoms with E-state index in [2.05, 4.69) is 5.32 Å². The van der Waals surface area contributed by atoms with E-state index < -0.39 is 0 Å². The van der Waals surface area contributed by atoms with Gasteiger partial charge in [-0.25, -0.2) is 0 Å². The average molecular weight is 347 g/mol. The normalized spacial score (nSPS) is 19.5. The fraction of sp³-hybridized carbons (Fsp3) is 0.238. The summed E-state index contributed by atoms with van der Waals surface area (Å²) in [5.74, 6) is 0.662. The quantitative estimate of drug-likeness (QED) is 0.776. The molecule has 0 bridgehead atoms. The maximum atomic E-state index is 12.8. The molecule has 1 unspecified atom stereocenters. The third-order valence-corrected chi connectivity index (χ3v) is 4.83. The molecule has 2 atom stereocenters. The molecular weight excluding hydrogens is 326 g/mol. The molecule has 1 aromatic heterocycles. The first-order chi connectivity index (χ1) is 12.7. The van der Waals surface area contributed by atoms with Crippen LogP contribution in [0.25, 0.3) is 22.4 Å². The fourth-order valence-electron chi connectivity index (χ4n) is 3.44. The Balaban J connectivity index is 1.95. The smallest absolute Gasteiger partial charge is 0.251 e. The van der Waals surface area contributed by atoms with Gasteiger partial charge in [0, 0.05) is 12.7 Å². The fourth-order valence-corrected chi connectivity index (χ4v) is 3.44. The largest absolute Gasteiger partial charge is 0.379 e. The summed E-state index contributed by atoms with van der Waals surface area (Å²) in [5.41, 5.74) is 3.75. The van der Waals surface area contributed by atoms with Crippen molar-refractivity contribution in [3.63, 3.8) is 0 Å². The first kappa shape index (κ1) is 16.5. The molecule has 0 fully saturated rings. The number of nitrogens with zero attached hydrogens (tertiary/aromatic N) is 2. The summed E-state index contributed by atoms with van der Waals surface area (Å²) in [6.45, 7) is 2.03. The van der Waals surface area contributed by atoms with Crippen molar-refractivity contribution in [2.75, 3.05) is 12.4 Å². The highest BCUT2D eigenvalue weighted by atomic mass is 16.5. The average Bonchev–Trinajstić information content (AvgIpc) is 3.01. The number of anilines is 1. The number of benzene rings is 2. The Morgan fingerprint density at radius 2 is 1.65 bits per heavy atom. The van der Waals surface area contributed by atoms with Gasteiger partial charge in [-0.3, -0.25) is 4.79 Å². The summed E-state index contributed by atoms with van der Waals surface area (Å²) in [5, 5.41) is 8.16. The zero-order valence-electron chi connectivity index (χ0n) is 14.8. The second kappa shape index (κ2) is 6.77. The van der Waals surface area contributed by atoms with Gasteiger partial charge in [-0.15, -0.1) is 0 Å². The molecule has 0 saturated heterocycles. The molecule has 2 heterocycles. The molecule has 0 spiro atoms. The minimum absolute atomic E-state index is 0.00649. The molecule has 1 aliphatic rings. The van der Waals surface area contributed by atoms with Crippen molar-refractivity contribution in [1.29, 1.82) is 0 Å². The molecule has 0 radical (unpaired) electrons. The van der Waals surface area contributed by atoms with E-state index in [1.165, 1.54) is 4.68 Å². The number of aromatic nitrogens is 2. The molecule has 3 aromatic rings. The lowest BCUT2D eigenvalue weighted by atomic mass is 10.0. The highest BCUT2D eigenvalue weighted by Crippen LogP contribution is 2.39. The Morgan fingerprint density at radius 1 is 1.04 bits per heavy atom. The molecule has 0 saturated carbocycles. The molecule has 132 valence electrons. The minimum atomic E-state index is -0.187. The van der Waals surface area contributed by atoms with Crippen LogP contribution in [0.15, 0.2) is 60.7 Å². The third kappa shape index (κ3) is 2.80. The van der Waals surface area contributed by atoms with Crippen molar-refractivity contribution >= 4 is 11.7 Å². The molecule has 4 rings (SSSR count). The lowest BCUT2D eigenvalue weighted by Gasteiger charge is -2.20. The van der Waals surface area contributed by atoms with Crippen LogP contribution in [0, 0.1) is 0 Å². The number of rotatable bonds is 3. The second-order valence-electron chi connectivity index (χ2n) is 6.52. The van der Waals surface area contributed by atoms with E-state index in [-0.39, 0.29) is 18.1 Å². The van der Waals surface area contributed by atoms with Crippen LogP contribution in [0.2, 0.25) is 0 Å². The van der Waals surface area contributed by atoms with Gasteiger partial charge in [0.2, 0.25) is 0 Å². The lowest BCUT2D eigenvalue weighted by molar-refractivity contribution is 0.0632. The van der Waals surface area contributed by atoms with Gasteiger partial charge in [-0.1, -0.05) is 60.7 Å². The maximum absolute atomic E-state index is 12.8. The van der Waals surface area contributed by atoms with E-state index in [9.17, 15) is 4.79 Å². The Morgan fingerprint density at radius 3 is 2.27 bits per heavy atom. The predicted octanol–water partition coefficient (Wildman–Crippen LogP) is 4.08. The zero-order valence-corrected chi connectivity index (χ0v) is 14.8. The van der Waals surface area contributed by atoms with Crippen LogP contribution >= 0.6 is 0 Å². The number of methoxy groups -OCH3 is 1. The Bertz CT molecular complexity index is 919. The zero-order chi connectivity index (χ0) is 18.1. The van der Waals surface area contributed by atoms with Gasteiger partial charge in [0.25, 0.3) is 5.91 Å². The molecule has 5 heteroatoms. The van der Waals surface area contributed by atoms with E-state index in [1.807, 2.05) is 67.6 Å². The van der Waals surface area contributed by atoms with Crippen LogP contribution in [-0.4, -0.2) is 34.9 Å². The van der Waals surface area contributed by atoms with Crippen LogP contribution in [0.3, 0.4) is 0 Å². The van der Waals surface area contributed by atoms with Gasteiger partial charge < -0.3 is 10.1 Å². The van der Waals surface area contributed by atoms with Gasteiger partial charge in [-0.05, 0) is 12.5 Å². The van der Waals surface area contributed by atoms with Crippen molar-refractivity contribution in [3.8, 4) is 22.4 Å². The molecule has 5 nitrogen and oxygen atoms in total. The van der Waals surface area contributed by atoms with Crippen molar-refractivity contribution < 1.29 is 9.53 Å². The number of fused-ring (bicyclic) bond motifs is 1. The van der Waals surface area contributed by atoms with Gasteiger partial charge in [-0.2, -0.15) is 9.78 Å². The molecule has 1 N–H and O–H groups in total. The van der Waals surface area contributed by atoms with Gasteiger partial charge in [0.15, 0.2) is 0 Å². The molecule has 0 aliphatic carbocycles. The van der Waals surface area contributed by atoms with Crippen LogP contribution in [-0.2, 0) is 4.74 Å². The summed E-state index contributed by atoms with van der Waals surface area (Å²) >= 11 is 0. The predicted molar refractivity (Wildman–Crippen MR) is 102 cm³/mol. The molecule has 26 heavy (non-hydrogen) atoms. The van der Waals surface area contributed by atoms with Crippen LogP contribution in [0.4, 0.5) is 5.82 Å². The summed E-state index contributed by atoms with van der Waals surface area (Å²) in [6.07, 6.45) is 0.106. The highest BCUT2D eigenvalue weighted by Gasteiger charge is 2.32. The second-order valence-corrected chi connectivity index (χ2v) is 6.52. The van der Waals surface area contributed by atoms with Gasteiger partial charge >= 0.3 is 0 Å². The van der Waals surface area contributed by atoms with E-state index in [0.29, 0.717) is 6.42 Å². The van der Waals surface area contributed by atoms with E-state index in [1.54, 1.807) is 7.11 Å². The standard InChI is InChI=1S/C21H21N3O2/c1-14-17(26-2)13-18(25)24-21(22-14)19(15-9-5-3-6-10-15)20(23-24)16-11-7-4-8-12-16/h3-12,14,17,22H,13H2,1-2H3/t14-,17?/m0/s1. The van der Waals surface area contributed by atoms with E-state index in [0.717, 1.165) is 28.2 Å². The highest BCUT2D eigenvalue weighted by molar-refractivity contribution is 5.95. The van der Waals surface area contributed by atoms with Crippen molar-refractivity contribution in [2.24, 2.45) is 0 Å². The lowest BCUT2D eigenvalue weighted by Crippen LogP contribution is -2.32. The third-order valence-electron chi connectivity index (χ3n) is 4.83. The van der Waals surface area contributed by atoms with Crippen LogP contribution < -0.4 is 5.32 Å². The molecular formula is C21H21N3O2. The van der Waals surface area contributed by atoms with Crippen LogP contribution in [0.1, 0.15) is 18.1 Å². The van der Waals surface area contributed by atoms with E-state index in [4.69, 9.17) is 9.84 Å². The minimum Gasteiger partial charge on any atom is -0.379 e. The van der Waals surface area contributed by atoms with Crippen molar-refractivity contribution in [3.05, 3.63) is 60.7 Å². The maximum Gasteiger partial charge on any atom is 0.251 e. The Labute approximate surface area is 152 Å². The summed E-state index contributed by atoms with van der Waals surface area (Å²) in [7, 11) is 1.64. The number of hydrogen-bond donors (Lipinski definition) is 1. The number of ether oxygens (including phenoxy) is 1. The van der Waals surface area contributed by atoms with Crippen LogP contribution in [0.5, 0.6) is 0 Å². The number of nitrogens with one attached hydrogen (secondary N) is 1. The number of carbonyl (C=O) groups is 1. The van der Waals surface area contributed by atoms with E-state index >= 15 is 0 Å². The van der Waals surface area contributed by atoms with Gasteiger partial charge in [0.1, 0.15) is 11.5 Å². The van der Waals surface area contributed by atoms with Gasteiger partial charge in [0.05, 0.1) is 24.1 Å². The molecule has 0 amide bonds.